The smallest absolute Gasteiger partial charge is 0.321 e. The number of amidine groups is 1. The molecule has 0 bridgehead atoms. The zero-order chi connectivity index (χ0) is 23.0. The summed E-state index contributed by atoms with van der Waals surface area (Å²) in [6.07, 6.45) is -5.81. The summed E-state index contributed by atoms with van der Waals surface area (Å²) in [5.74, 6) is -1.04. The number of nitrogens with zero attached hydrogens (tertiary/aromatic N) is 3. The van der Waals surface area contributed by atoms with Gasteiger partial charge in [0.1, 0.15) is 5.71 Å². The average molecular weight is 460 g/mol. The molecule has 1 N–H and O–H groups in total. The fraction of sp³-hybridized carbons (Fsp3) is 0.100. The lowest BCUT2D eigenvalue weighted by atomic mass is 10.0. The molecule has 8 nitrogen and oxygen atoms in total. The van der Waals surface area contributed by atoms with E-state index >= 15 is 0 Å². The maximum Gasteiger partial charge on any atom is 0.430 e. The number of aromatic amines is 1. The highest BCUT2D eigenvalue weighted by Gasteiger charge is 2.39. The van der Waals surface area contributed by atoms with E-state index < -0.39 is 39.9 Å². The van der Waals surface area contributed by atoms with Gasteiger partial charge in [-0.05, 0) is 23.4 Å². The number of fused-ring (bicyclic) bond motifs is 1. The van der Waals surface area contributed by atoms with E-state index in [1.807, 2.05) is 0 Å². The van der Waals surface area contributed by atoms with Gasteiger partial charge in [-0.1, -0.05) is 30.3 Å². The second-order valence-corrected chi connectivity index (χ2v) is 7.61. The number of aromatic nitrogens is 1. The Hall–Kier alpha value is -3.80. The lowest BCUT2D eigenvalue weighted by molar-refractivity contribution is -0.384. The molecule has 32 heavy (non-hydrogen) atoms. The maximum atomic E-state index is 13.1. The van der Waals surface area contributed by atoms with Gasteiger partial charge in [0.25, 0.3) is 17.2 Å². The lowest BCUT2D eigenvalue weighted by Crippen LogP contribution is -2.29. The molecule has 2 heterocycles. The number of thioether (sulfide) groups is 1. The first-order valence-corrected chi connectivity index (χ1v) is 9.79. The first-order valence-electron chi connectivity index (χ1n) is 8.97. The third-order valence-electron chi connectivity index (χ3n) is 4.52. The van der Waals surface area contributed by atoms with Gasteiger partial charge >= 0.3 is 6.18 Å². The largest absolute Gasteiger partial charge is 0.430 e. The number of nitrogens with one attached hydrogen (secondary N) is 1. The van der Waals surface area contributed by atoms with Crippen LogP contribution >= 0.6 is 11.8 Å². The monoisotopic (exact) mass is 460 g/mol. The minimum Gasteiger partial charge on any atom is -0.321 e. The van der Waals surface area contributed by atoms with Gasteiger partial charge in [-0.2, -0.15) is 18.2 Å². The van der Waals surface area contributed by atoms with Crippen molar-refractivity contribution in [3.05, 3.63) is 69.0 Å². The topological polar surface area (TPSA) is 118 Å². The molecule has 1 aromatic heterocycles. The molecule has 1 aliphatic heterocycles. The number of carbonyl (C=O) groups is 1. The van der Waals surface area contributed by atoms with Gasteiger partial charge in [0, 0.05) is 28.6 Å². The highest BCUT2D eigenvalue weighted by molar-refractivity contribution is 8.14. The predicted molar refractivity (Wildman–Crippen MR) is 113 cm³/mol. The van der Waals surface area contributed by atoms with Crippen LogP contribution in [-0.2, 0) is 4.79 Å². The highest BCUT2D eigenvalue weighted by atomic mass is 32.2. The van der Waals surface area contributed by atoms with Gasteiger partial charge in [-0.3, -0.25) is 19.7 Å². The number of carbonyl (C=O) groups excluding carboxylic acids is 1. The number of aliphatic imine (C=N–C) groups is 2. The Morgan fingerprint density at radius 3 is 2.44 bits per heavy atom. The highest BCUT2D eigenvalue weighted by Crippen LogP contribution is 2.37. The van der Waals surface area contributed by atoms with Gasteiger partial charge in [-0.15, -0.1) is 0 Å². The SMILES string of the molecule is O=C1CC(C(F)(F)F)=NC(Sc2c(-c3ccccc3)c3cc([N+](=O)[O-])ccc3[nH]c2=O)=N1. The summed E-state index contributed by atoms with van der Waals surface area (Å²) in [5, 5.41) is 11.0. The predicted octanol–water partition coefficient (Wildman–Crippen LogP) is 4.49. The van der Waals surface area contributed by atoms with E-state index in [1.165, 1.54) is 18.2 Å². The van der Waals surface area contributed by atoms with E-state index in [9.17, 15) is 32.9 Å². The summed E-state index contributed by atoms with van der Waals surface area (Å²) >= 11 is 0.493. The van der Waals surface area contributed by atoms with Crippen LogP contribution < -0.4 is 5.56 Å². The van der Waals surface area contributed by atoms with Gasteiger partial charge < -0.3 is 4.98 Å². The molecule has 1 amide bonds. The summed E-state index contributed by atoms with van der Waals surface area (Å²) in [6, 6.07) is 12.2. The van der Waals surface area contributed by atoms with Crippen LogP contribution in [0.3, 0.4) is 0 Å². The Kier molecular flexibility index (Phi) is 5.38. The van der Waals surface area contributed by atoms with Crippen LogP contribution in [0.25, 0.3) is 22.0 Å². The van der Waals surface area contributed by atoms with Crippen LogP contribution in [0.4, 0.5) is 18.9 Å². The van der Waals surface area contributed by atoms with Gasteiger partial charge in [-0.25, -0.2) is 4.99 Å². The summed E-state index contributed by atoms with van der Waals surface area (Å²) < 4.78 is 39.3. The van der Waals surface area contributed by atoms with Crippen molar-refractivity contribution in [1.82, 2.24) is 4.98 Å². The van der Waals surface area contributed by atoms with Gasteiger partial charge in [0.05, 0.1) is 16.2 Å². The van der Waals surface area contributed by atoms with Crippen LogP contribution in [0.1, 0.15) is 6.42 Å². The van der Waals surface area contributed by atoms with Crippen molar-refractivity contribution in [2.45, 2.75) is 17.5 Å². The van der Waals surface area contributed by atoms with Crippen molar-refractivity contribution in [2.75, 3.05) is 0 Å². The fourth-order valence-corrected chi connectivity index (χ4v) is 4.09. The van der Waals surface area contributed by atoms with Gasteiger partial charge in [0.15, 0.2) is 5.17 Å². The van der Waals surface area contributed by atoms with Crippen molar-refractivity contribution >= 4 is 45.1 Å². The van der Waals surface area contributed by atoms with Crippen LogP contribution in [0.2, 0.25) is 0 Å². The summed E-state index contributed by atoms with van der Waals surface area (Å²) in [4.78, 5) is 44.7. The Labute approximate surface area is 181 Å². The number of rotatable bonds is 3. The molecular formula is C20H11F3N4O4S. The van der Waals surface area contributed by atoms with Crippen LogP contribution in [-0.4, -0.2) is 32.9 Å². The maximum absolute atomic E-state index is 13.1. The van der Waals surface area contributed by atoms with E-state index in [2.05, 4.69) is 15.0 Å². The number of amides is 1. The second-order valence-electron chi connectivity index (χ2n) is 6.63. The van der Waals surface area contributed by atoms with E-state index in [1.54, 1.807) is 30.3 Å². The van der Waals surface area contributed by atoms with Crippen molar-refractivity contribution < 1.29 is 22.9 Å². The zero-order valence-electron chi connectivity index (χ0n) is 15.8. The minimum atomic E-state index is -4.82. The molecule has 12 heteroatoms. The molecular weight excluding hydrogens is 449 g/mol. The molecule has 0 atom stereocenters. The molecule has 3 aromatic rings. The molecule has 0 unspecified atom stereocenters. The first kappa shape index (κ1) is 21.4. The summed E-state index contributed by atoms with van der Waals surface area (Å²) in [5.41, 5.74) is -1.17. The third kappa shape index (κ3) is 4.17. The zero-order valence-corrected chi connectivity index (χ0v) is 16.7. The van der Waals surface area contributed by atoms with E-state index in [0.717, 1.165) is 0 Å². The number of H-pyrrole nitrogens is 1. The number of non-ortho nitro benzene ring substituents is 1. The molecule has 0 fully saturated rings. The van der Waals surface area contributed by atoms with Crippen molar-refractivity contribution in [1.29, 1.82) is 0 Å². The van der Waals surface area contributed by atoms with Crippen LogP contribution in [0, 0.1) is 10.1 Å². The Bertz CT molecular complexity index is 1380. The first-order chi connectivity index (χ1) is 15.1. The Morgan fingerprint density at radius 1 is 1.06 bits per heavy atom. The molecule has 0 saturated heterocycles. The number of pyridine rings is 1. The normalized spacial score (nSPS) is 14.3. The molecule has 0 aliphatic carbocycles. The summed E-state index contributed by atoms with van der Waals surface area (Å²) in [7, 11) is 0. The van der Waals surface area contributed by atoms with E-state index in [-0.39, 0.29) is 16.1 Å². The third-order valence-corrected chi connectivity index (χ3v) is 5.48. The number of alkyl halides is 3. The Balaban J connectivity index is 1.96. The lowest BCUT2D eigenvalue weighted by Gasteiger charge is -2.15. The number of halogens is 3. The van der Waals surface area contributed by atoms with E-state index in [0.29, 0.717) is 28.2 Å². The van der Waals surface area contributed by atoms with Crippen LogP contribution in [0.15, 0.2) is 68.2 Å². The second kappa shape index (κ2) is 8.04. The van der Waals surface area contributed by atoms with Gasteiger partial charge in [0.2, 0.25) is 0 Å². The molecule has 2 aromatic carbocycles. The molecule has 162 valence electrons. The number of nitro groups is 1. The van der Waals surface area contributed by atoms with Crippen molar-refractivity contribution in [3.63, 3.8) is 0 Å². The number of hydrogen-bond donors (Lipinski definition) is 1. The number of nitro benzene ring substituents is 1. The Morgan fingerprint density at radius 2 is 1.78 bits per heavy atom. The number of benzene rings is 2. The molecule has 0 radical (unpaired) electrons. The minimum absolute atomic E-state index is 0.0945. The van der Waals surface area contributed by atoms with Crippen molar-refractivity contribution in [2.24, 2.45) is 9.98 Å². The average Bonchev–Trinajstić information content (AvgIpc) is 2.73. The van der Waals surface area contributed by atoms with Crippen LogP contribution in [0.5, 0.6) is 0 Å². The fourth-order valence-electron chi connectivity index (χ4n) is 3.14. The molecule has 0 saturated carbocycles. The molecule has 1 aliphatic rings. The standard InChI is InChI=1S/C20H11F3N4O4S/c21-20(22,23)14-9-15(28)26-19(25-14)32-17-16(10-4-2-1-3-5-10)12-8-11(27(30)31)6-7-13(12)24-18(17)29/h1-8H,9H2,(H,24,29). The molecule has 4 rings (SSSR count). The molecule has 0 spiro atoms. The number of hydrogen-bond acceptors (Lipinski definition) is 6. The summed E-state index contributed by atoms with van der Waals surface area (Å²) in [6.45, 7) is 0. The van der Waals surface area contributed by atoms with Crippen molar-refractivity contribution in [3.8, 4) is 11.1 Å². The quantitative estimate of drug-likeness (QED) is 0.457. The van der Waals surface area contributed by atoms with E-state index in [4.69, 9.17) is 0 Å².